The van der Waals surface area contributed by atoms with Gasteiger partial charge in [0.1, 0.15) is 0 Å². The molecule has 2 radical (unpaired) electrons. The van der Waals surface area contributed by atoms with Gasteiger partial charge in [0.15, 0.2) is 0 Å². The van der Waals surface area contributed by atoms with Crippen molar-refractivity contribution in [1.29, 1.82) is 0 Å². The van der Waals surface area contributed by atoms with Gasteiger partial charge in [-0.05, 0) is 6.42 Å². The Bertz CT molecular complexity index is 15.0. The molecule has 6 heavy (non-hydrogen) atoms. The molecule has 0 amide bonds. The number of aliphatic hydroxyl groups excluding tert-OH is 1. The van der Waals surface area contributed by atoms with Crippen LogP contribution in [0.1, 0.15) is 19.8 Å². The first-order chi connectivity index (χ1) is 2.41. The first kappa shape index (κ1) is 9.90. The van der Waals surface area contributed by atoms with Crippen molar-refractivity contribution in [3.05, 3.63) is 0 Å². The fourth-order valence-corrected chi connectivity index (χ4v) is 0.158. The van der Waals surface area contributed by atoms with Crippen LogP contribution in [0.2, 0.25) is 0 Å². The Morgan fingerprint density at radius 1 is 1.50 bits per heavy atom. The van der Waals surface area contributed by atoms with Crippen molar-refractivity contribution in [2.24, 2.45) is 0 Å². The standard InChI is InChI=1S/C4H10O.Sn.2H/c1-2-3-4-5;;;/h5H,2-4H2,1H3;;;. The first-order valence-electron chi connectivity index (χ1n) is 2.02. The van der Waals surface area contributed by atoms with Crippen molar-refractivity contribution in [3.63, 3.8) is 0 Å². The molecule has 1 nitrogen and oxygen atoms in total. The summed E-state index contributed by atoms with van der Waals surface area (Å²) in [6.07, 6.45) is 2.04. The van der Waals surface area contributed by atoms with Crippen LogP contribution in [0.4, 0.5) is 0 Å². The maximum atomic E-state index is 8.07. The molecule has 0 aromatic carbocycles. The van der Waals surface area contributed by atoms with E-state index in [-0.39, 0.29) is 23.9 Å². The summed E-state index contributed by atoms with van der Waals surface area (Å²) in [6.45, 7) is 2.40. The molecule has 38 valence electrons. The summed E-state index contributed by atoms with van der Waals surface area (Å²) in [5.74, 6) is 0. The van der Waals surface area contributed by atoms with E-state index in [9.17, 15) is 0 Å². The van der Waals surface area contributed by atoms with Crippen LogP contribution in [0, 0.1) is 0 Å². The van der Waals surface area contributed by atoms with Gasteiger partial charge in [0.05, 0.1) is 0 Å². The van der Waals surface area contributed by atoms with E-state index < -0.39 is 0 Å². The van der Waals surface area contributed by atoms with Gasteiger partial charge in [-0.15, -0.1) is 0 Å². The Balaban J connectivity index is 0. The van der Waals surface area contributed by atoms with Gasteiger partial charge >= 0.3 is 23.9 Å². The monoisotopic (exact) mass is 196 g/mol. The van der Waals surface area contributed by atoms with Crippen molar-refractivity contribution >= 4 is 23.9 Å². The average molecular weight is 195 g/mol. The van der Waals surface area contributed by atoms with Crippen molar-refractivity contribution in [2.45, 2.75) is 19.8 Å². The molecule has 0 aliphatic rings. The molecule has 0 rings (SSSR count). The zero-order valence-corrected chi connectivity index (χ0v) is 8.31. The van der Waals surface area contributed by atoms with E-state index in [1.807, 2.05) is 0 Å². The maximum absolute atomic E-state index is 8.07. The number of hydrogen-bond acceptors (Lipinski definition) is 1. The van der Waals surface area contributed by atoms with Crippen LogP contribution in [-0.2, 0) is 0 Å². The summed E-state index contributed by atoms with van der Waals surface area (Å²) in [5.41, 5.74) is 0. The van der Waals surface area contributed by atoms with Gasteiger partial charge in [0.25, 0.3) is 0 Å². The second-order valence-corrected chi connectivity index (χ2v) is 1.08. The predicted molar refractivity (Wildman–Crippen MR) is 30.5 cm³/mol. The van der Waals surface area contributed by atoms with Gasteiger partial charge in [0.2, 0.25) is 0 Å². The Morgan fingerprint density at radius 2 is 2.00 bits per heavy atom. The molecule has 0 spiro atoms. The molecule has 0 atom stereocenters. The summed E-state index contributed by atoms with van der Waals surface area (Å²) in [4.78, 5) is 0. The number of aliphatic hydroxyl groups is 1. The minimum atomic E-state index is 0. The van der Waals surface area contributed by atoms with Gasteiger partial charge in [-0.25, -0.2) is 0 Å². The van der Waals surface area contributed by atoms with Gasteiger partial charge in [0, 0.05) is 6.61 Å². The normalized spacial score (nSPS) is 7.00. The number of rotatable bonds is 2. The van der Waals surface area contributed by atoms with E-state index in [0.29, 0.717) is 6.61 Å². The van der Waals surface area contributed by atoms with Crippen molar-refractivity contribution < 1.29 is 5.11 Å². The Kier molecular flexibility index (Phi) is 15.2. The summed E-state index contributed by atoms with van der Waals surface area (Å²) >= 11 is 0. The molecule has 0 fully saturated rings. The minimum absolute atomic E-state index is 0. The Hall–Kier alpha value is 0.759. The fraction of sp³-hybridized carbons (Fsp3) is 1.00. The summed E-state index contributed by atoms with van der Waals surface area (Å²) in [6, 6.07) is 0. The molecule has 0 aliphatic heterocycles. The van der Waals surface area contributed by atoms with Crippen molar-refractivity contribution in [1.82, 2.24) is 0 Å². The third-order valence-corrected chi connectivity index (χ3v) is 0.512. The summed E-state index contributed by atoms with van der Waals surface area (Å²) < 4.78 is 0. The molecule has 0 heterocycles. The zero-order chi connectivity index (χ0) is 4.12. The van der Waals surface area contributed by atoms with Crippen LogP contribution in [0.5, 0.6) is 0 Å². The van der Waals surface area contributed by atoms with Crippen LogP contribution < -0.4 is 0 Å². The molecule has 2 heteroatoms. The van der Waals surface area contributed by atoms with E-state index >= 15 is 0 Å². The quantitative estimate of drug-likeness (QED) is 0.608. The van der Waals surface area contributed by atoms with Crippen molar-refractivity contribution in [2.75, 3.05) is 6.61 Å². The number of unbranched alkanes of at least 4 members (excludes halogenated alkanes) is 1. The van der Waals surface area contributed by atoms with E-state index in [0.717, 1.165) is 12.8 Å². The molecule has 0 bridgehead atoms. The molecule has 1 N–H and O–H groups in total. The molecule has 0 aliphatic carbocycles. The SMILES string of the molecule is CCCCO.[SnH2]. The van der Waals surface area contributed by atoms with Gasteiger partial charge in [-0.3, -0.25) is 0 Å². The van der Waals surface area contributed by atoms with Gasteiger partial charge in [-0.1, -0.05) is 13.3 Å². The topological polar surface area (TPSA) is 20.2 Å². The summed E-state index contributed by atoms with van der Waals surface area (Å²) in [5, 5.41) is 8.07. The third kappa shape index (κ3) is 8.83. The number of hydrogen-bond donors (Lipinski definition) is 1. The Labute approximate surface area is 55.7 Å². The van der Waals surface area contributed by atoms with Crippen LogP contribution in [-0.4, -0.2) is 35.6 Å². The molecular weight excluding hydrogens is 183 g/mol. The van der Waals surface area contributed by atoms with Gasteiger partial charge in [-0.2, -0.15) is 0 Å². The van der Waals surface area contributed by atoms with Gasteiger partial charge < -0.3 is 5.11 Å². The van der Waals surface area contributed by atoms with Crippen molar-refractivity contribution in [3.8, 4) is 0 Å². The Morgan fingerprint density at radius 3 is 2.00 bits per heavy atom. The van der Waals surface area contributed by atoms with E-state index in [2.05, 4.69) is 6.92 Å². The first-order valence-corrected chi connectivity index (χ1v) is 2.02. The summed E-state index contributed by atoms with van der Waals surface area (Å²) in [7, 11) is 0. The second kappa shape index (κ2) is 9.23. The second-order valence-electron chi connectivity index (χ2n) is 1.08. The molecule has 0 saturated heterocycles. The predicted octanol–water partition coefficient (Wildman–Crippen LogP) is -0.137. The molecule has 0 aromatic rings. The zero-order valence-electron chi connectivity index (χ0n) is 4.28. The molecule has 0 aromatic heterocycles. The van der Waals surface area contributed by atoms with Crippen LogP contribution in [0.25, 0.3) is 0 Å². The molecular formula is C4H12OSn. The molecule has 0 saturated carbocycles. The van der Waals surface area contributed by atoms with Crippen LogP contribution in [0.15, 0.2) is 0 Å². The van der Waals surface area contributed by atoms with E-state index in [1.54, 1.807) is 0 Å². The van der Waals surface area contributed by atoms with E-state index in [1.165, 1.54) is 0 Å². The fourth-order valence-electron chi connectivity index (χ4n) is 0.158. The van der Waals surface area contributed by atoms with Crippen LogP contribution >= 0.6 is 0 Å². The van der Waals surface area contributed by atoms with E-state index in [4.69, 9.17) is 5.11 Å². The molecule has 0 unspecified atom stereocenters. The van der Waals surface area contributed by atoms with Crippen LogP contribution in [0.3, 0.4) is 0 Å². The average Bonchev–Trinajstić information content (AvgIpc) is 1.41. The third-order valence-electron chi connectivity index (χ3n) is 0.512.